The lowest BCUT2D eigenvalue weighted by Crippen LogP contribution is -2.03. The molecule has 0 spiro atoms. The monoisotopic (exact) mass is 268 g/mol. The van der Waals surface area contributed by atoms with Gasteiger partial charge >= 0.3 is 0 Å². The van der Waals surface area contributed by atoms with Gasteiger partial charge in [0.2, 0.25) is 0 Å². The fourth-order valence-electron chi connectivity index (χ4n) is 1.09. The van der Waals surface area contributed by atoms with Crippen molar-refractivity contribution in [2.75, 3.05) is 11.1 Å². The number of hydrogen-bond acceptors (Lipinski definition) is 5. The van der Waals surface area contributed by atoms with Crippen molar-refractivity contribution < 1.29 is 4.42 Å². The van der Waals surface area contributed by atoms with Gasteiger partial charge in [0.05, 0.1) is 12.8 Å². The number of halogens is 1. The van der Waals surface area contributed by atoms with E-state index in [0.29, 0.717) is 22.7 Å². The van der Waals surface area contributed by atoms with E-state index in [-0.39, 0.29) is 0 Å². The van der Waals surface area contributed by atoms with E-state index >= 15 is 0 Å². The molecule has 2 rings (SSSR count). The van der Waals surface area contributed by atoms with Gasteiger partial charge < -0.3 is 15.5 Å². The van der Waals surface area contributed by atoms with Crippen molar-refractivity contribution in [2.24, 2.45) is 0 Å². The first-order valence-electron chi connectivity index (χ1n) is 4.29. The molecule has 0 aromatic carbocycles. The molecule has 0 radical (unpaired) electrons. The quantitative estimate of drug-likeness (QED) is 0.891. The van der Waals surface area contributed by atoms with Crippen molar-refractivity contribution in [3.8, 4) is 0 Å². The Morgan fingerprint density at radius 1 is 1.47 bits per heavy atom. The average Bonchev–Trinajstić information content (AvgIpc) is 2.73. The third kappa shape index (κ3) is 2.27. The standard InChI is InChI=1S/C9H9BrN4O/c10-7-8(11)13-5-14-9(7)12-4-6-2-1-3-15-6/h1-3,5H,4H2,(H3,11,12,13,14). The number of rotatable bonds is 3. The van der Waals surface area contributed by atoms with Crippen LogP contribution in [0.15, 0.2) is 33.6 Å². The molecular formula is C9H9BrN4O. The number of furan rings is 1. The molecule has 2 aromatic rings. The molecule has 0 saturated heterocycles. The topological polar surface area (TPSA) is 77.0 Å². The number of nitrogen functional groups attached to an aromatic ring is 1. The lowest BCUT2D eigenvalue weighted by atomic mass is 10.4. The molecule has 3 N–H and O–H groups in total. The van der Waals surface area contributed by atoms with Crippen LogP contribution in [-0.4, -0.2) is 9.97 Å². The average molecular weight is 269 g/mol. The number of nitrogens with two attached hydrogens (primary N) is 1. The summed E-state index contributed by atoms with van der Waals surface area (Å²) in [7, 11) is 0. The van der Waals surface area contributed by atoms with Crippen molar-refractivity contribution in [3.63, 3.8) is 0 Å². The fraction of sp³-hybridized carbons (Fsp3) is 0.111. The molecule has 5 nitrogen and oxygen atoms in total. The van der Waals surface area contributed by atoms with Crippen molar-refractivity contribution >= 4 is 27.6 Å². The third-order valence-corrected chi connectivity index (χ3v) is 2.61. The molecule has 2 aromatic heterocycles. The van der Waals surface area contributed by atoms with Gasteiger partial charge in [0.25, 0.3) is 0 Å². The summed E-state index contributed by atoms with van der Waals surface area (Å²) in [6.07, 6.45) is 3.03. The summed E-state index contributed by atoms with van der Waals surface area (Å²) in [4.78, 5) is 7.89. The Balaban J connectivity index is 2.08. The Hall–Kier alpha value is -1.56. The van der Waals surface area contributed by atoms with Gasteiger partial charge in [-0.3, -0.25) is 0 Å². The Labute approximate surface area is 94.8 Å². The van der Waals surface area contributed by atoms with E-state index in [1.54, 1.807) is 6.26 Å². The lowest BCUT2D eigenvalue weighted by molar-refractivity contribution is 0.517. The van der Waals surface area contributed by atoms with Crippen molar-refractivity contribution in [3.05, 3.63) is 35.0 Å². The molecule has 0 bridgehead atoms. The van der Waals surface area contributed by atoms with E-state index in [4.69, 9.17) is 10.2 Å². The van der Waals surface area contributed by atoms with Gasteiger partial charge in [0, 0.05) is 0 Å². The summed E-state index contributed by atoms with van der Waals surface area (Å²) in [6.45, 7) is 0.558. The van der Waals surface area contributed by atoms with Crippen LogP contribution in [-0.2, 0) is 6.54 Å². The second kappa shape index (κ2) is 4.31. The van der Waals surface area contributed by atoms with Gasteiger partial charge in [0.1, 0.15) is 28.2 Å². The lowest BCUT2D eigenvalue weighted by Gasteiger charge is -2.06. The highest BCUT2D eigenvalue weighted by Crippen LogP contribution is 2.24. The van der Waals surface area contributed by atoms with Crippen LogP contribution in [0.25, 0.3) is 0 Å². The minimum Gasteiger partial charge on any atom is -0.467 e. The van der Waals surface area contributed by atoms with Crippen LogP contribution in [0, 0.1) is 0 Å². The van der Waals surface area contributed by atoms with E-state index in [1.165, 1.54) is 6.33 Å². The minimum atomic E-state index is 0.409. The van der Waals surface area contributed by atoms with Gasteiger partial charge in [0.15, 0.2) is 0 Å². The first kappa shape index (κ1) is 9.97. The predicted octanol–water partition coefficient (Wildman–Crippen LogP) is 2.03. The molecule has 0 aliphatic carbocycles. The minimum absolute atomic E-state index is 0.409. The maximum Gasteiger partial charge on any atom is 0.146 e. The number of nitrogens with one attached hydrogen (secondary N) is 1. The number of aromatic nitrogens is 2. The summed E-state index contributed by atoms with van der Waals surface area (Å²) >= 11 is 3.30. The maximum absolute atomic E-state index is 5.61. The summed E-state index contributed by atoms with van der Waals surface area (Å²) < 4.78 is 5.84. The van der Waals surface area contributed by atoms with Crippen molar-refractivity contribution in [2.45, 2.75) is 6.54 Å². The van der Waals surface area contributed by atoms with Crippen LogP contribution in [0.2, 0.25) is 0 Å². The van der Waals surface area contributed by atoms with E-state index < -0.39 is 0 Å². The van der Waals surface area contributed by atoms with E-state index in [0.717, 1.165) is 5.76 Å². The summed E-state index contributed by atoms with van der Waals surface area (Å²) in [5, 5.41) is 3.08. The first-order chi connectivity index (χ1) is 7.27. The molecule has 15 heavy (non-hydrogen) atoms. The van der Waals surface area contributed by atoms with Crippen molar-refractivity contribution in [1.29, 1.82) is 0 Å². The zero-order chi connectivity index (χ0) is 10.7. The molecule has 0 aliphatic rings. The Morgan fingerprint density at radius 3 is 3.07 bits per heavy atom. The Kier molecular flexibility index (Phi) is 2.86. The molecule has 0 fully saturated rings. The zero-order valence-electron chi connectivity index (χ0n) is 7.77. The van der Waals surface area contributed by atoms with Crippen molar-refractivity contribution in [1.82, 2.24) is 9.97 Å². The van der Waals surface area contributed by atoms with Crippen LogP contribution in [0.3, 0.4) is 0 Å². The van der Waals surface area contributed by atoms with Gasteiger partial charge in [-0.05, 0) is 28.1 Å². The number of hydrogen-bond donors (Lipinski definition) is 2. The molecular weight excluding hydrogens is 260 g/mol. The Morgan fingerprint density at radius 2 is 2.33 bits per heavy atom. The highest BCUT2D eigenvalue weighted by molar-refractivity contribution is 9.10. The molecule has 0 atom stereocenters. The zero-order valence-corrected chi connectivity index (χ0v) is 9.36. The number of nitrogens with zero attached hydrogens (tertiary/aromatic N) is 2. The van der Waals surface area contributed by atoms with E-state index in [1.807, 2.05) is 12.1 Å². The molecule has 6 heteroatoms. The Bertz CT molecular complexity index is 443. The molecule has 0 saturated carbocycles. The smallest absolute Gasteiger partial charge is 0.146 e. The molecule has 2 heterocycles. The molecule has 0 unspecified atom stereocenters. The summed E-state index contributed by atoms with van der Waals surface area (Å²) in [5.74, 6) is 1.89. The largest absolute Gasteiger partial charge is 0.467 e. The molecule has 0 aliphatic heterocycles. The highest BCUT2D eigenvalue weighted by Gasteiger charge is 2.05. The SMILES string of the molecule is Nc1ncnc(NCc2ccco2)c1Br. The van der Waals surface area contributed by atoms with Crippen LogP contribution in [0.1, 0.15) is 5.76 Å². The molecule has 0 amide bonds. The highest BCUT2D eigenvalue weighted by atomic mass is 79.9. The van der Waals surface area contributed by atoms with Crippen LogP contribution >= 0.6 is 15.9 Å². The normalized spacial score (nSPS) is 10.2. The fourth-order valence-corrected chi connectivity index (χ4v) is 1.44. The maximum atomic E-state index is 5.61. The number of anilines is 2. The van der Waals surface area contributed by atoms with Crippen LogP contribution in [0.4, 0.5) is 11.6 Å². The van der Waals surface area contributed by atoms with E-state index in [9.17, 15) is 0 Å². The van der Waals surface area contributed by atoms with Gasteiger partial charge in [-0.2, -0.15) is 0 Å². The first-order valence-corrected chi connectivity index (χ1v) is 5.09. The second-order valence-corrected chi connectivity index (χ2v) is 3.65. The second-order valence-electron chi connectivity index (χ2n) is 2.85. The van der Waals surface area contributed by atoms with Gasteiger partial charge in [-0.15, -0.1) is 0 Å². The van der Waals surface area contributed by atoms with Crippen LogP contribution < -0.4 is 11.1 Å². The van der Waals surface area contributed by atoms with Crippen LogP contribution in [0.5, 0.6) is 0 Å². The summed E-state index contributed by atoms with van der Waals surface area (Å²) in [5.41, 5.74) is 5.61. The summed E-state index contributed by atoms with van der Waals surface area (Å²) in [6, 6.07) is 3.71. The van der Waals surface area contributed by atoms with Gasteiger partial charge in [-0.1, -0.05) is 0 Å². The predicted molar refractivity (Wildman–Crippen MR) is 60.2 cm³/mol. The van der Waals surface area contributed by atoms with Gasteiger partial charge in [-0.25, -0.2) is 9.97 Å². The molecule has 78 valence electrons. The third-order valence-electron chi connectivity index (χ3n) is 1.83. The van der Waals surface area contributed by atoms with E-state index in [2.05, 4.69) is 31.2 Å².